The molecule has 2 aliphatic rings. The summed E-state index contributed by atoms with van der Waals surface area (Å²) >= 11 is 1.58. The molecule has 2 aliphatic heterocycles. The van der Waals surface area contributed by atoms with Gasteiger partial charge in [-0.25, -0.2) is 0 Å². The van der Waals surface area contributed by atoms with Gasteiger partial charge in [-0.15, -0.1) is 11.3 Å². The van der Waals surface area contributed by atoms with E-state index in [2.05, 4.69) is 22.0 Å². The van der Waals surface area contributed by atoms with Crippen LogP contribution in [0.5, 0.6) is 0 Å². The predicted molar refractivity (Wildman–Crippen MR) is 119 cm³/mol. The van der Waals surface area contributed by atoms with Crippen LogP contribution in [0.4, 0.5) is 0 Å². The molecule has 4 rings (SSSR count). The first kappa shape index (κ1) is 22.0. The second kappa shape index (κ2) is 10.4. The number of thiophene rings is 1. The molecule has 0 aliphatic carbocycles. The number of carbonyl (C=O) groups excluding carboxylic acids is 2. The highest BCUT2D eigenvalue weighted by Gasteiger charge is 2.27. The Balaban J connectivity index is 1.15. The molecule has 2 amide bonds. The maximum atomic E-state index is 12.6. The lowest BCUT2D eigenvalue weighted by atomic mass is 10.0. The van der Waals surface area contributed by atoms with Crippen LogP contribution in [-0.4, -0.2) is 82.0 Å². The molecule has 0 bridgehead atoms. The Bertz CT molecular complexity index is 860. The van der Waals surface area contributed by atoms with Crippen LogP contribution in [-0.2, 0) is 16.0 Å². The van der Waals surface area contributed by atoms with E-state index in [0.29, 0.717) is 56.7 Å². The Morgan fingerprint density at radius 2 is 2.00 bits per heavy atom. The molecule has 2 fully saturated rings. The molecule has 1 atom stereocenters. The summed E-state index contributed by atoms with van der Waals surface area (Å²) in [5.41, 5.74) is 0. The second-order valence-electron chi connectivity index (χ2n) is 8.43. The molecule has 0 N–H and O–H groups in total. The molecule has 31 heavy (non-hydrogen) atoms. The number of hydrogen-bond donors (Lipinski definition) is 0. The maximum absolute atomic E-state index is 12.6. The molecule has 4 heterocycles. The zero-order chi connectivity index (χ0) is 21.6. The molecule has 2 saturated heterocycles. The van der Waals surface area contributed by atoms with Crippen LogP contribution < -0.4 is 0 Å². The van der Waals surface area contributed by atoms with Crippen LogP contribution in [0.3, 0.4) is 0 Å². The van der Waals surface area contributed by atoms with Gasteiger partial charge in [0.15, 0.2) is 0 Å². The molecule has 0 radical (unpaired) electrons. The number of nitrogens with zero attached hydrogens (tertiary/aromatic N) is 5. The quantitative estimate of drug-likeness (QED) is 0.652. The summed E-state index contributed by atoms with van der Waals surface area (Å²) in [6.07, 6.45) is 5.20. The molecular weight excluding hydrogens is 414 g/mol. The van der Waals surface area contributed by atoms with Crippen molar-refractivity contribution in [2.75, 3.05) is 39.3 Å². The highest BCUT2D eigenvalue weighted by molar-refractivity contribution is 7.13. The minimum absolute atomic E-state index is 0.161. The van der Waals surface area contributed by atoms with E-state index in [-0.39, 0.29) is 11.8 Å². The van der Waals surface area contributed by atoms with E-state index in [1.54, 1.807) is 11.3 Å². The maximum Gasteiger partial charge on any atom is 0.236 e. The van der Waals surface area contributed by atoms with Crippen LogP contribution in [0.1, 0.15) is 44.9 Å². The summed E-state index contributed by atoms with van der Waals surface area (Å²) in [6.45, 7) is 6.38. The lowest BCUT2D eigenvalue weighted by Gasteiger charge is -2.38. The van der Waals surface area contributed by atoms with Gasteiger partial charge < -0.3 is 14.3 Å². The highest BCUT2D eigenvalue weighted by Crippen LogP contribution is 2.22. The Hall–Kier alpha value is -2.26. The third-order valence-electron chi connectivity index (χ3n) is 6.20. The first-order valence-corrected chi connectivity index (χ1v) is 12.1. The average Bonchev–Trinajstić information content (AvgIpc) is 3.46. The van der Waals surface area contributed by atoms with Gasteiger partial charge in [-0.05, 0) is 44.1 Å². The van der Waals surface area contributed by atoms with Gasteiger partial charge in [0.1, 0.15) is 0 Å². The van der Waals surface area contributed by atoms with Gasteiger partial charge in [-0.1, -0.05) is 11.2 Å². The van der Waals surface area contributed by atoms with E-state index >= 15 is 0 Å². The Labute approximate surface area is 187 Å². The molecule has 168 valence electrons. The van der Waals surface area contributed by atoms with Gasteiger partial charge >= 0.3 is 0 Å². The number of aryl methyl sites for hydroxylation is 1. The lowest BCUT2D eigenvalue weighted by molar-refractivity contribution is -0.137. The van der Waals surface area contributed by atoms with Crippen LogP contribution in [0, 0.1) is 0 Å². The number of hydrogen-bond acceptors (Lipinski definition) is 7. The molecule has 0 spiro atoms. The zero-order valence-electron chi connectivity index (χ0n) is 18.2. The number of aromatic nitrogens is 2. The first-order chi connectivity index (χ1) is 15.1. The summed E-state index contributed by atoms with van der Waals surface area (Å²) in [6, 6.07) is 4.27. The van der Waals surface area contributed by atoms with E-state index < -0.39 is 0 Å². The molecule has 2 aromatic heterocycles. The lowest BCUT2D eigenvalue weighted by Crippen LogP contribution is -2.53. The predicted octanol–water partition coefficient (Wildman–Crippen LogP) is 2.67. The minimum Gasteiger partial charge on any atom is -0.340 e. The standard InChI is InChI=1S/C22H31N5O3S/c1-17-6-2-3-10-27(17)21(29)16-25-11-13-26(14-12-25)20(28)9-4-8-19-23-22(24-30-19)18-7-5-15-31-18/h5,7,15,17H,2-4,6,8-14,16H2,1H3. The van der Waals surface area contributed by atoms with Gasteiger partial charge in [0.25, 0.3) is 0 Å². The van der Waals surface area contributed by atoms with Gasteiger partial charge in [0.2, 0.25) is 23.5 Å². The largest absolute Gasteiger partial charge is 0.340 e. The summed E-state index contributed by atoms with van der Waals surface area (Å²) in [5.74, 6) is 1.58. The van der Waals surface area contributed by atoms with Crippen molar-refractivity contribution in [3.05, 3.63) is 23.4 Å². The summed E-state index contributed by atoms with van der Waals surface area (Å²) in [7, 11) is 0. The second-order valence-corrected chi connectivity index (χ2v) is 9.38. The van der Waals surface area contributed by atoms with Crippen molar-refractivity contribution in [1.29, 1.82) is 0 Å². The van der Waals surface area contributed by atoms with E-state index in [1.807, 2.05) is 27.3 Å². The Kier molecular flexibility index (Phi) is 7.34. The summed E-state index contributed by atoms with van der Waals surface area (Å²) < 4.78 is 5.30. The van der Waals surface area contributed by atoms with Crippen LogP contribution in [0.25, 0.3) is 10.7 Å². The van der Waals surface area contributed by atoms with Crippen molar-refractivity contribution in [1.82, 2.24) is 24.8 Å². The SMILES string of the molecule is CC1CCCCN1C(=O)CN1CCN(C(=O)CCCc2nc(-c3cccs3)no2)CC1. The van der Waals surface area contributed by atoms with E-state index in [0.717, 1.165) is 37.4 Å². The fraction of sp³-hybridized carbons (Fsp3) is 0.636. The molecular formula is C22H31N5O3S. The van der Waals surface area contributed by atoms with Crippen molar-refractivity contribution < 1.29 is 14.1 Å². The van der Waals surface area contributed by atoms with Crippen molar-refractivity contribution in [3.8, 4) is 10.7 Å². The smallest absolute Gasteiger partial charge is 0.236 e. The number of piperidine rings is 1. The van der Waals surface area contributed by atoms with Crippen molar-refractivity contribution in [2.45, 2.75) is 51.5 Å². The van der Waals surface area contributed by atoms with E-state index in [1.165, 1.54) is 6.42 Å². The van der Waals surface area contributed by atoms with Gasteiger partial charge in [0.05, 0.1) is 11.4 Å². The molecule has 0 aromatic carbocycles. The van der Waals surface area contributed by atoms with Crippen molar-refractivity contribution in [3.63, 3.8) is 0 Å². The average molecular weight is 446 g/mol. The summed E-state index contributed by atoms with van der Waals surface area (Å²) in [4.78, 5) is 36.7. The van der Waals surface area contributed by atoms with Crippen molar-refractivity contribution >= 4 is 23.2 Å². The Morgan fingerprint density at radius 1 is 1.16 bits per heavy atom. The first-order valence-electron chi connectivity index (χ1n) is 11.3. The van der Waals surface area contributed by atoms with Crippen LogP contribution >= 0.6 is 11.3 Å². The monoisotopic (exact) mass is 445 g/mol. The number of rotatable bonds is 7. The fourth-order valence-corrected chi connectivity index (χ4v) is 4.97. The highest BCUT2D eigenvalue weighted by atomic mass is 32.1. The van der Waals surface area contributed by atoms with Crippen LogP contribution in [0.15, 0.2) is 22.0 Å². The van der Waals surface area contributed by atoms with Gasteiger partial charge in [-0.2, -0.15) is 4.98 Å². The number of piperazine rings is 1. The van der Waals surface area contributed by atoms with Crippen LogP contribution in [0.2, 0.25) is 0 Å². The van der Waals surface area contributed by atoms with Crippen molar-refractivity contribution in [2.24, 2.45) is 0 Å². The fourth-order valence-electron chi connectivity index (χ4n) is 4.32. The van der Waals surface area contributed by atoms with Gasteiger partial charge in [-0.3, -0.25) is 14.5 Å². The summed E-state index contributed by atoms with van der Waals surface area (Å²) in [5, 5.41) is 5.99. The minimum atomic E-state index is 0.161. The third-order valence-corrected chi connectivity index (χ3v) is 7.06. The number of carbonyl (C=O) groups is 2. The normalized spacial score (nSPS) is 20.2. The zero-order valence-corrected chi connectivity index (χ0v) is 19.0. The molecule has 0 saturated carbocycles. The molecule has 2 aromatic rings. The number of likely N-dealkylation sites (tertiary alicyclic amines) is 1. The number of amides is 2. The third kappa shape index (κ3) is 5.71. The van der Waals surface area contributed by atoms with E-state index in [4.69, 9.17) is 4.52 Å². The molecule has 8 nitrogen and oxygen atoms in total. The topological polar surface area (TPSA) is 82.8 Å². The van der Waals surface area contributed by atoms with Gasteiger partial charge in [0, 0.05) is 51.6 Å². The molecule has 9 heteroatoms. The Morgan fingerprint density at radius 3 is 2.74 bits per heavy atom. The van der Waals surface area contributed by atoms with E-state index in [9.17, 15) is 9.59 Å². The molecule has 1 unspecified atom stereocenters.